The van der Waals surface area contributed by atoms with Gasteiger partial charge in [0, 0.05) is 29.2 Å². The lowest BCUT2D eigenvalue weighted by Gasteiger charge is -2.03. The van der Waals surface area contributed by atoms with Crippen molar-refractivity contribution < 1.29 is 9.90 Å². The van der Waals surface area contributed by atoms with Gasteiger partial charge < -0.3 is 9.67 Å². The van der Waals surface area contributed by atoms with E-state index in [4.69, 9.17) is 0 Å². The van der Waals surface area contributed by atoms with Crippen LogP contribution in [-0.4, -0.2) is 15.5 Å². The van der Waals surface area contributed by atoms with Gasteiger partial charge in [-0.2, -0.15) is 0 Å². The zero-order valence-corrected chi connectivity index (χ0v) is 11.9. The summed E-state index contributed by atoms with van der Waals surface area (Å²) in [5, 5.41) is 9.67. The molecule has 0 amide bonds. The van der Waals surface area contributed by atoms with E-state index in [1.165, 1.54) is 6.08 Å². The average Bonchev–Trinajstić information content (AvgIpc) is 3.08. The minimum absolute atomic E-state index is 0.0951. The lowest BCUT2D eigenvalue weighted by Crippen LogP contribution is -1.96. The minimum atomic E-state index is -0.0951. The fraction of sp³-hybridized carbons (Fsp3) is 0. The van der Waals surface area contributed by atoms with Crippen LogP contribution in [0.4, 0.5) is 0 Å². The highest BCUT2D eigenvalue weighted by molar-refractivity contribution is 6.07. The molecule has 0 spiro atoms. The summed E-state index contributed by atoms with van der Waals surface area (Å²) in [6, 6.07) is 18.2. The van der Waals surface area contributed by atoms with Crippen LogP contribution in [0.25, 0.3) is 11.8 Å². The first kappa shape index (κ1) is 13.9. The molecular formula is C19H15NO2. The van der Waals surface area contributed by atoms with Gasteiger partial charge in [-0.3, -0.25) is 4.79 Å². The second-order valence-corrected chi connectivity index (χ2v) is 4.89. The van der Waals surface area contributed by atoms with E-state index >= 15 is 0 Å². The SMILES string of the molecule is O=C(/C=C/c1ccccc1O)c1ccc(-n2cccc2)cc1. The van der Waals surface area contributed by atoms with Gasteiger partial charge in [-0.15, -0.1) is 0 Å². The Bertz CT molecular complexity index is 800. The number of rotatable bonds is 4. The number of allylic oxidation sites excluding steroid dienone is 1. The molecule has 0 saturated carbocycles. The third-order valence-corrected chi connectivity index (χ3v) is 3.41. The predicted molar refractivity (Wildman–Crippen MR) is 87.2 cm³/mol. The summed E-state index contributed by atoms with van der Waals surface area (Å²) in [6.07, 6.45) is 7.00. The molecule has 108 valence electrons. The molecule has 0 aliphatic rings. The van der Waals surface area contributed by atoms with E-state index in [1.807, 2.05) is 47.3 Å². The molecule has 1 heterocycles. The fourth-order valence-corrected chi connectivity index (χ4v) is 2.19. The predicted octanol–water partition coefficient (Wildman–Crippen LogP) is 4.08. The Morgan fingerprint density at radius 3 is 2.27 bits per heavy atom. The van der Waals surface area contributed by atoms with Crippen LogP contribution in [0.15, 0.2) is 79.1 Å². The van der Waals surface area contributed by atoms with E-state index in [-0.39, 0.29) is 11.5 Å². The Morgan fingerprint density at radius 2 is 1.59 bits per heavy atom. The lowest BCUT2D eigenvalue weighted by molar-refractivity contribution is 0.104. The maximum atomic E-state index is 12.2. The van der Waals surface area contributed by atoms with Crippen LogP contribution in [-0.2, 0) is 0 Å². The number of hydrogen-bond acceptors (Lipinski definition) is 2. The molecule has 0 aliphatic carbocycles. The van der Waals surface area contributed by atoms with E-state index in [2.05, 4.69) is 0 Å². The summed E-state index contributed by atoms with van der Waals surface area (Å²) in [6.45, 7) is 0. The van der Waals surface area contributed by atoms with Crippen molar-refractivity contribution in [2.24, 2.45) is 0 Å². The summed E-state index contributed by atoms with van der Waals surface area (Å²) < 4.78 is 1.98. The first-order valence-corrected chi connectivity index (χ1v) is 6.98. The number of aromatic nitrogens is 1. The molecule has 3 nitrogen and oxygen atoms in total. The van der Waals surface area contributed by atoms with E-state index in [0.717, 1.165) is 5.69 Å². The zero-order valence-electron chi connectivity index (χ0n) is 11.9. The van der Waals surface area contributed by atoms with Crippen molar-refractivity contribution in [1.29, 1.82) is 0 Å². The van der Waals surface area contributed by atoms with Gasteiger partial charge >= 0.3 is 0 Å². The molecule has 3 aromatic rings. The number of ketones is 1. The Labute approximate surface area is 128 Å². The molecule has 3 heteroatoms. The molecule has 0 radical (unpaired) electrons. The fourth-order valence-electron chi connectivity index (χ4n) is 2.19. The minimum Gasteiger partial charge on any atom is -0.507 e. The van der Waals surface area contributed by atoms with Crippen molar-refractivity contribution >= 4 is 11.9 Å². The van der Waals surface area contributed by atoms with Gasteiger partial charge in [0.25, 0.3) is 0 Å². The number of aromatic hydroxyl groups is 1. The molecular weight excluding hydrogens is 274 g/mol. The van der Waals surface area contributed by atoms with Crippen LogP contribution >= 0.6 is 0 Å². The Kier molecular flexibility index (Phi) is 3.88. The number of hydrogen-bond donors (Lipinski definition) is 1. The van der Waals surface area contributed by atoms with Crippen molar-refractivity contribution in [2.75, 3.05) is 0 Å². The number of carbonyl (C=O) groups is 1. The van der Waals surface area contributed by atoms with Crippen LogP contribution in [0, 0.1) is 0 Å². The topological polar surface area (TPSA) is 42.2 Å². The van der Waals surface area contributed by atoms with E-state index in [1.54, 1.807) is 36.4 Å². The highest BCUT2D eigenvalue weighted by atomic mass is 16.3. The maximum Gasteiger partial charge on any atom is 0.185 e. The summed E-state index contributed by atoms with van der Waals surface area (Å²) in [5.41, 5.74) is 2.24. The largest absolute Gasteiger partial charge is 0.507 e. The summed E-state index contributed by atoms with van der Waals surface area (Å²) in [4.78, 5) is 12.2. The third kappa shape index (κ3) is 2.99. The number of para-hydroxylation sites is 1. The average molecular weight is 289 g/mol. The first-order chi connectivity index (χ1) is 10.7. The number of carbonyl (C=O) groups excluding carboxylic acids is 1. The Morgan fingerprint density at radius 1 is 0.909 bits per heavy atom. The molecule has 3 rings (SSSR count). The van der Waals surface area contributed by atoms with Crippen molar-refractivity contribution in [1.82, 2.24) is 4.57 Å². The van der Waals surface area contributed by atoms with Gasteiger partial charge in [-0.25, -0.2) is 0 Å². The van der Waals surface area contributed by atoms with Crippen molar-refractivity contribution in [2.45, 2.75) is 0 Å². The maximum absolute atomic E-state index is 12.2. The van der Waals surface area contributed by atoms with Gasteiger partial charge in [0.05, 0.1) is 0 Å². The first-order valence-electron chi connectivity index (χ1n) is 6.98. The summed E-state index contributed by atoms with van der Waals surface area (Å²) in [7, 11) is 0. The molecule has 0 saturated heterocycles. The van der Waals surface area contributed by atoms with Gasteiger partial charge in [-0.05, 0) is 54.6 Å². The van der Waals surface area contributed by atoms with E-state index in [0.29, 0.717) is 11.1 Å². The monoisotopic (exact) mass is 289 g/mol. The summed E-state index contributed by atoms with van der Waals surface area (Å²) >= 11 is 0. The normalized spacial score (nSPS) is 10.9. The number of phenolic OH excluding ortho intramolecular Hbond substituents is 1. The zero-order chi connectivity index (χ0) is 15.4. The molecule has 0 atom stereocenters. The van der Waals surface area contributed by atoms with Gasteiger partial charge in [0.15, 0.2) is 5.78 Å². The molecule has 0 aliphatic heterocycles. The van der Waals surface area contributed by atoms with Crippen LogP contribution in [0.5, 0.6) is 5.75 Å². The van der Waals surface area contributed by atoms with Crippen molar-refractivity contribution in [3.8, 4) is 11.4 Å². The van der Waals surface area contributed by atoms with Crippen LogP contribution in [0.1, 0.15) is 15.9 Å². The second kappa shape index (κ2) is 6.14. The van der Waals surface area contributed by atoms with Crippen LogP contribution in [0.3, 0.4) is 0 Å². The van der Waals surface area contributed by atoms with Crippen LogP contribution in [0.2, 0.25) is 0 Å². The molecule has 0 fully saturated rings. The lowest BCUT2D eigenvalue weighted by atomic mass is 10.1. The molecule has 1 N–H and O–H groups in total. The molecule has 0 unspecified atom stereocenters. The smallest absolute Gasteiger partial charge is 0.185 e. The standard InChI is InChI=1S/C19H15NO2/c21-18-6-2-1-5-15(18)9-12-19(22)16-7-10-17(11-8-16)20-13-3-4-14-20/h1-14,21H/b12-9+. The Hall–Kier alpha value is -3.07. The highest BCUT2D eigenvalue weighted by Gasteiger charge is 2.03. The molecule has 22 heavy (non-hydrogen) atoms. The van der Waals surface area contributed by atoms with Gasteiger partial charge in [0.1, 0.15) is 5.75 Å². The number of phenols is 1. The van der Waals surface area contributed by atoms with Crippen molar-refractivity contribution in [3.63, 3.8) is 0 Å². The van der Waals surface area contributed by atoms with E-state index in [9.17, 15) is 9.90 Å². The number of nitrogens with zero attached hydrogens (tertiary/aromatic N) is 1. The third-order valence-electron chi connectivity index (χ3n) is 3.41. The Balaban J connectivity index is 1.77. The van der Waals surface area contributed by atoms with Gasteiger partial charge in [-0.1, -0.05) is 18.2 Å². The number of benzene rings is 2. The summed E-state index contributed by atoms with van der Waals surface area (Å²) in [5.74, 6) is 0.0665. The van der Waals surface area contributed by atoms with Gasteiger partial charge in [0.2, 0.25) is 0 Å². The van der Waals surface area contributed by atoms with Crippen molar-refractivity contribution in [3.05, 3.63) is 90.3 Å². The highest BCUT2D eigenvalue weighted by Crippen LogP contribution is 2.17. The quantitative estimate of drug-likeness (QED) is 0.581. The van der Waals surface area contributed by atoms with Crippen LogP contribution < -0.4 is 0 Å². The molecule has 0 bridgehead atoms. The molecule has 1 aromatic heterocycles. The second-order valence-electron chi connectivity index (χ2n) is 4.89. The van der Waals surface area contributed by atoms with E-state index < -0.39 is 0 Å². The molecule has 2 aromatic carbocycles.